The molecule has 0 saturated heterocycles. The fourth-order valence-electron chi connectivity index (χ4n) is 5.09. The smallest absolute Gasteiger partial charge is 0.172 e. The van der Waals surface area contributed by atoms with Crippen molar-refractivity contribution in [3.8, 4) is 11.1 Å². The molecule has 0 N–H and O–H groups in total. The molecule has 4 aromatic carbocycles. The Bertz CT molecular complexity index is 1520. The number of rotatable bonds is 5. The van der Waals surface area contributed by atoms with Gasteiger partial charge in [0.1, 0.15) is 0 Å². The Kier molecular flexibility index (Phi) is 15.5. The molecule has 236 valence electrons. The van der Waals surface area contributed by atoms with E-state index in [4.69, 9.17) is 0 Å². The van der Waals surface area contributed by atoms with E-state index in [0.29, 0.717) is 0 Å². The molecule has 5 aromatic rings. The summed E-state index contributed by atoms with van der Waals surface area (Å²) in [7, 11) is 0. The molecule has 45 heavy (non-hydrogen) atoms. The van der Waals surface area contributed by atoms with Crippen LogP contribution in [0.4, 0.5) is 0 Å². The van der Waals surface area contributed by atoms with Crippen LogP contribution in [0.15, 0.2) is 103 Å². The van der Waals surface area contributed by atoms with Crippen molar-refractivity contribution in [1.29, 1.82) is 0 Å². The first kappa shape index (κ1) is 39.2. The van der Waals surface area contributed by atoms with Crippen molar-refractivity contribution >= 4 is 14.6 Å². The topological polar surface area (TPSA) is 0 Å². The van der Waals surface area contributed by atoms with E-state index in [1.165, 1.54) is 71.2 Å². The van der Waals surface area contributed by atoms with Crippen molar-refractivity contribution in [3.05, 3.63) is 147 Å². The van der Waals surface area contributed by atoms with Gasteiger partial charge in [-0.1, -0.05) is 65.3 Å². The van der Waals surface area contributed by atoms with Crippen molar-refractivity contribution in [2.45, 2.75) is 85.0 Å². The van der Waals surface area contributed by atoms with Gasteiger partial charge in [-0.25, -0.2) is 12.1 Å². The van der Waals surface area contributed by atoms with Crippen LogP contribution < -0.4 is 24.8 Å². The number of halogens is 2. The van der Waals surface area contributed by atoms with Gasteiger partial charge in [0.25, 0.3) is 0 Å². The average molecular weight is 820 g/mol. The molecule has 6 rings (SSSR count). The van der Waals surface area contributed by atoms with Crippen molar-refractivity contribution in [3.63, 3.8) is 0 Å². The Morgan fingerprint density at radius 2 is 1.47 bits per heavy atom. The number of unbranched alkanes of at least 4 members (excludes halogenated alkanes) is 1. The van der Waals surface area contributed by atoms with Crippen LogP contribution in [0.3, 0.4) is 0 Å². The van der Waals surface area contributed by atoms with Crippen LogP contribution >= 0.6 is 11.3 Å². The summed E-state index contributed by atoms with van der Waals surface area (Å²) < 4.78 is 1.53. The van der Waals surface area contributed by atoms with Crippen molar-refractivity contribution in [2.75, 3.05) is 0 Å². The van der Waals surface area contributed by atoms with Crippen molar-refractivity contribution < 1.29 is 48.7 Å². The van der Waals surface area contributed by atoms with Crippen LogP contribution in [0.25, 0.3) is 11.1 Å². The van der Waals surface area contributed by atoms with Gasteiger partial charge in [0.2, 0.25) is 0 Å². The quantitative estimate of drug-likeness (QED) is 0.165. The molecule has 4 heteroatoms. The first-order valence-corrected chi connectivity index (χ1v) is 18.2. The Balaban J connectivity index is 0.000000265. The summed E-state index contributed by atoms with van der Waals surface area (Å²) in [5.74, 6) is 0. The number of benzene rings is 3. The van der Waals surface area contributed by atoms with Gasteiger partial charge in [-0.05, 0) is 28.4 Å². The predicted octanol–water partition coefficient (Wildman–Crippen LogP) is 5.27. The molecule has 0 spiro atoms. The van der Waals surface area contributed by atoms with Gasteiger partial charge in [-0.3, -0.25) is 0 Å². The summed E-state index contributed by atoms with van der Waals surface area (Å²) in [5.41, 5.74) is 10.1. The van der Waals surface area contributed by atoms with Crippen molar-refractivity contribution in [2.24, 2.45) is 0 Å². The molecule has 1 heterocycles. The first-order chi connectivity index (χ1) is 20.5. The van der Waals surface area contributed by atoms with Crippen molar-refractivity contribution in [1.82, 2.24) is 0 Å². The van der Waals surface area contributed by atoms with E-state index in [-0.39, 0.29) is 35.6 Å². The molecule has 0 bridgehead atoms. The van der Waals surface area contributed by atoms with Crippen LogP contribution in [0.1, 0.15) is 98.9 Å². The van der Waals surface area contributed by atoms with E-state index in [9.17, 15) is 0 Å². The summed E-state index contributed by atoms with van der Waals surface area (Å²) in [6, 6.07) is 40.5. The Morgan fingerprint density at radius 3 is 2.04 bits per heavy atom. The molecule has 0 saturated carbocycles. The van der Waals surface area contributed by atoms with E-state index in [0.717, 1.165) is 30.3 Å². The number of fused-ring (bicyclic) bond motifs is 3. The van der Waals surface area contributed by atoms with Gasteiger partial charge >= 0.3 is 122 Å². The summed E-state index contributed by atoms with van der Waals surface area (Å²) in [6.07, 6.45) is 4.86. The fraction of sp³-hybridized carbons (Fsp3) is 0.317. The maximum absolute atomic E-state index is 3.67. The minimum absolute atomic E-state index is 0. The molecular formula is C41H46Cl2HfS-2. The zero-order valence-electron chi connectivity index (χ0n) is 27.8. The number of aryl methyl sites for hydroxylation is 1. The normalized spacial score (nSPS) is 11.4. The molecular weight excluding hydrogens is 774 g/mol. The Hall–Kier alpha value is -1.97. The van der Waals surface area contributed by atoms with Crippen LogP contribution in [0.2, 0.25) is 0 Å². The number of hydrogen-bond donors (Lipinski definition) is 0. The van der Waals surface area contributed by atoms with Gasteiger partial charge in [-0.15, -0.1) is 11.1 Å². The minimum Gasteiger partial charge on any atom is -1.00 e. The molecule has 0 atom stereocenters. The molecule has 0 aliphatic heterocycles. The van der Waals surface area contributed by atoms with Gasteiger partial charge in [0, 0.05) is 0 Å². The summed E-state index contributed by atoms with van der Waals surface area (Å²) in [5, 5.41) is 0. The standard InChI is InChI=1S/C21H25.C15H16S.C5H5.2ClH.Hf/c1-20(2,3)16-7-9-18-14(12-16)11-15-13-17(21(4,5)6)8-10-19(15)18;1-2-3-9-14-10-11-15(16-14)12-13-7-5-4-6-8-13;1-2-4-5-3-1;;;/h7-10,12H,11H2,1-6H3;4-8,10-11H,2-3,9H2,1H3;1-5H;2*1H;/q-1;;-1;;;+2/p-2. The maximum atomic E-state index is 3.67. The Morgan fingerprint density at radius 1 is 0.800 bits per heavy atom. The van der Waals surface area contributed by atoms with Gasteiger partial charge in [-0.2, -0.15) is 42.0 Å². The summed E-state index contributed by atoms with van der Waals surface area (Å²) >= 11 is 3.08. The van der Waals surface area contributed by atoms with Crippen LogP contribution in [-0.4, -0.2) is 3.26 Å². The predicted molar refractivity (Wildman–Crippen MR) is 186 cm³/mol. The molecule has 0 fully saturated rings. The second-order valence-corrected chi connectivity index (χ2v) is 16.4. The minimum atomic E-state index is 0. The monoisotopic (exact) mass is 820 g/mol. The molecule has 1 aliphatic rings. The zero-order chi connectivity index (χ0) is 31.0. The largest absolute Gasteiger partial charge is 1.00 e. The van der Waals surface area contributed by atoms with Gasteiger partial charge in [0.15, 0.2) is 0 Å². The van der Waals surface area contributed by atoms with Gasteiger partial charge in [0.05, 0.1) is 0 Å². The molecule has 0 radical (unpaired) electrons. The molecule has 1 aromatic heterocycles. The third-order valence-corrected chi connectivity index (χ3v) is 11.6. The second-order valence-electron chi connectivity index (χ2n) is 13.4. The molecule has 0 amide bonds. The van der Waals surface area contributed by atoms with E-state index >= 15 is 0 Å². The third-order valence-electron chi connectivity index (χ3n) is 7.77. The molecule has 1 aliphatic carbocycles. The van der Waals surface area contributed by atoms with E-state index in [2.05, 4.69) is 127 Å². The number of thiophene rings is 1. The van der Waals surface area contributed by atoms with E-state index in [1.54, 1.807) is 0 Å². The van der Waals surface area contributed by atoms with Crippen LogP contribution in [-0.2, 0) is 47.6 Å². The first-order valence-electron chi connectivity index (χ1n) is 15.6. The zero-order valence-corrected chi connectivity index (χ0v) is 33.7. The van der Waals surface area contributed by atoms with Crippen LogP contribution in [0, 0.1) is 6.07 Å². The molecule has 0 unspecified atom stereocenters. The van der Waals surface area contributed by atoms with E-state index in [1.807, 2.05) is 41.7 Å². The fourth-order valence-corrected chi connectivity index (χ4v) is 7.56. The van der Waals surface area contributed by atoms with E-state index < -0.39 is 0 Å². The maximum Gasteiger partial charge on any atom is -0.172 e. The summed E-state index contributed by atoms with van der Waals surface area (Å²) in [6.45, 7) is 15.9. The SMILES string of the molecule is CC(C)(C)c1[c-]c2c(cc1)-c1ccc(C(C)(C)C)cc1C2.CCCCc1ccc([C](=[Hf+2])c2ccccc2)s1.[Cl-].[Cl-].c1cc[cH-]c1. The third kappa shape index (κ3) is 11.1. The Labute approximate surface area is 304 Å². The number of hydrogen-bond acceptors (Lipinski definition) is 1. The average Bonchev–Trinajstić information content (AvgIpc) is 3.77. The molecule has 0 nitrogen and oxygen atoms in total. The summed E-state index contributed by atoms with van der Waals surface area (Å²) in [4.78, 5) is 3.00. The van der Waals surface area contributed by atoms with Gasteiger partial charge < -0.3 is 24.8 Å². The second kappa shape index (κ2) is 17.8. The van der Waals surface area contributed by atoms with Crippen LogP contribution in [0.5, 0.6) is 0 Å².